The predicted octanol–water partition coefficient (Wildman–Crippen LogP) is 17.6. The van der Waals surface area contributed by atoms with Gasteiger partial charge in [0.25, 0.3) is 0 Å². The zero-order valence-electron chi connectivity index (χ0n) is 43.8. The normalized spacial score (nSPS) is 13.6. The fourth-order valence-corrected chi connectivity index (χ4v) is 8.64. The van der Waals surface area contributed by atoms with Crippen LogP contribution in [-0.2, 0) is 14.3 Å². The summed E-state index contributed by atoms with van der Waals surface area (Å²) in [4.78, 5) is 26.3. The van der Waals surface area contributed by atoms with Gasteiger partial charge in [-0.1, -0.05) is 287 Å². The Hall–Kier alpha value is -2.44. The van der Waals surface area contributed by atoms with E-state index in [-0.39, 0.29) is 24.9 Å². The minimum Gasteiger partial charge on any atom is -0.462 e. The van der Waals surface area contributed by atoms with Crippen LogP contribution in [0.1, 0.15) is 284 Å². The molecule has 0 saturated heterocycles. The van der Waals surface area contributed by atoms with Crippen molar-refractivity contribution in [3.05, 3.63) is 60.8 Å². The molecule has 0 spiro atoms. The Balaban J connectivity index is 4.56. The van der Waals surface area contributed by atoms with Gasteiger partial charge in [-0.15, -0.1) is 0 Å². The number of hydrogen-bond donors (Lipinski definition) is 3. The van der Waals surface area contributed by atoms with E-state index >= 15 is 0 Å². The number of carbonyl (C=O) groups excluding carboxylic acids is 2. The number of aliphatic hydroxyl groups is 2. The first-order valence-corrected chi connectivity index (χ1v) is 28.6. The Morgan fingerprint density at radius 1 is 0.439 bits per heavy atom. The molecule has 3 atom stereocenters. The molecule has 0 fully saturated rings. The second kappa shape index (κ2) is 53.5. The third-order valence-corrected chi connectivity index (χ3v) is 13.0. The van der Waals surface area contributed by atoms with Crippen molar-refractivity contribution in [3.63, 3.8) is 0 Å². The van der Waals surface area contributed by atoms with Crippen LogP contribution in [0.15, 0.2) is 60.8 Å². The number of rotatable bonds is 51. The van der Waals surface area contributed by atoms with Crippen molar-refractivity contribution in [1.29, 1.82) is 0 Å². The van der Waals surface area contributed by atoms with Crippen LogP contribution in [0, 0.1) is 0 Å². The number of ether oxygens (including phenoxy) is 1. The summed E-state index contributed by atoms with van der Waals surface area (Å²) in [5.74, 6) is -0.492. The molecular weight excluding hydrogens is 815 g/mol. The average Bonchev–Trinajstić information content (AvgIpc) is 3.31. The van der Waals surface area contributed by atoms with Gasteiger partial charge in [-0.3, -0.25) is 9.59 Å². The zero-order chi connectivity index (χ0) is 48.1. The van der Waals surface area contributed by atoms with Crippen LogP contribution >= 0.6 is 0 Å². The summed E-state index contributed by atoms with van der Waals surface area (Å²) in [5.41, 5.74) is 0. The topological polar surface area (TPSA) is 95.9 Å². The lowest BCUT2D eigenvalue weighted by atomic mass is 10.0. The molecule has 6 nitrogen and oxygen atoms in total. The molecule has 0 aliphatic rings. The lowest BCUT2D eigenvalue weighted by Crippen LogP contribution is -2.46. The van der Waals surface area contributed by atoms with Crippen molar-refractivity contribution in [2.45, 2.75) is 302 Å². The Morgan fingerprint density at radius 3 is 1.23 bits per heavy atom. The van der Waals surface area contributed by atoms with Gasteiger partial charge < -0.3 is 20.3 Å². The molecule has 384 valence electrons. The molecule has 0 radical (unpaired) electrons. The first-order valence-electron chi connectivity index (χ1n) is 28.6. The van der Waals surface area contributed by atoms with Crippen LogP contribution in [0.2, 0.25) is 0 Å². The number of nitrogens with one attached hydrogen (secondary N) is 1. The van der Waals surface area contributed by atoms with E-state index in [0.29, 0.717) is 19.3 Å². The van der Waals surface area contributed by atoms with Gasteiger partial charge in [-0.2, -0.15) is 0 Å². The van der Waals surface area contributed by atoms with Gasteiger partial charge in [0.05, 0.1) is 25.2 Å². The SMILES string of the molecule is CCC/C=C/C=C/C=C/C=C/C=C/CCCCCCCC(=O)OC(CCCCCCCCCCCCCCC)CC(=O)NC(CO)C(O)CCCCCCCCCCCCCCCCCC. The molecule has 0 aromatic carbocycles. The number of hydrogen-bond acceptors (Lipinski definition) is 5. The summed E-state index contributed by atoms with van der Waals surface area (Å²) in [6, 6.07) is -0.707. The quantitative estimate of drug-likeness (QED) is 0.0321. The Kier molecular flexibility index (Phi) is 51.5. The van der Waals surface area contributed by atoms with Gasteiger partial charge in [-0.25, -0.2) is 0 Å². The molecule has 0 aromatic rings. The van der Waals surface area contributed by atoms with E-state index in [4.69, 9.17) is 4.74 Å². The number of allylic oxidation sites excluding steroid dienone is 10. The summed E-state index contributed by atoms with van der Waals surface area (Å²) >= 11 is 0. The van der Waals surface area contributed by atoms with Gasteiger partial charge in [0.15, 0.2) is 0 Å². The lowest BCUT2D eigenvalue weighted by molar-refractivity contribution is -0.151. The van der Waals surface area contributed by atoms with Crippen LogP contribution in [0.4, 0.5) is 0 Å². The molecule has 66 heavy (non-hydrogen) atoms. The molecule has 3 N–H and O–H groups in total. The van der Waals surface area contributed by atoms with Crippen LogP contribution in [0.3, 0.4) is 0 Å². The summed E-state index contributed by atoms with van der Waals surface area (Å²) in [7, 11) is 0. The summed E-state index contributed by atoms with van der Waals surface area (Å²) in [6.07, 6.45) is 67.0. The van der Waals surface area contributed by atoms with Crippen molar-refractivity contribution >= 4 is 11.9 Å². The van der Waals surface area contributed by atoms with E-state index in [2.05, 4.69) is 62.5 Å². The lowest BCUT2D eigenvalue weighted by Gasteiger charge is -2.24. The minimum absolute atomic E-state index is 0.0685. The molecule has 3 unspecified atom stereocenters. The molecule has 0 saturated carbocycles. The smallest absolute Gasteiger partial charge is 0.306 e. The average molecular weight is 925 g/mol. The molecule has 6 heteroatoms. The van der Waals surface area contributed by atoms with Crippen LogP contribution in [-0.4, -0.2) is 46.9 Å². The van der Waals surface area contributed by atoms with Crippen molar-refractivity contribution in [3.8, 4) is 0 Å². The van der Waals surface area contributed by atoms with Gasteiger partial charge in [-0.05, 0) is 44.9 Å². The number of amides is 1. The fraction of sp³-hybridized carbons (Fsp3) is 0.800. The Labute approximate surface area is 409 Å². The Bertz CT molecular complexity index is 1170. The second-order valence-corrected chi connectivity index (χ2v) is 19.5. The van der Waals surface area contributed by atoms with Crippen LogP contribution < -0.4 is 5.32 Å². The van der Waals surface area contributed by atoms with Crippen molar-refractivity contribution in [2.24, 2.45) is 0 Å². The molecule has 0 heterocycles. The second-order valence-electron chi connectivity index (χ2n) is 19.5. The maximum absolute atomic E-state index is 13.3. The van der Waals surface area contributed by atoms with Crippen LogP contribution in [0.5, 0.6) is 0 Å². The molecule has 0 aliphatic heterocycles. The molecule has 0 bridgehead atoms. The third-order valence-electron chi connectivity index (χ3n) is 13.0. The zero-order valence-corrected chi connectivity index (χ0v) is 43.8. The highest BCUT2D eigenvalue weighted by Crippen LogP contribution is 2.19. The predicted molar refractivity (Wildman–Crippen MR) is 287 cm³/mol. The largest absolute Gasteiger partial charge is 0.462 e. The van der Waals surface area contributed by atoms with E-state index in [1.165, 1.54) is 161 Å². The van der Waals surface area contributed by atoms with E-state index in [1.807, 2.05) is 24.3 Å². The number of carbonyl (C=O) groups is 2. The van der Waals surface area contributed by atoms with Gasteiger partial charge in [0, 0.05) is 6.42 Å². The Morgan fingerprint density at radius 2 is 0.803 bits per heavy atom. The number of aliphatic hydroxyl groups excluding tert-OH is 2. The van der Waals surface area contributed by atoms with Crippen LogP contribution in [0.25, 0.3) is 0 Å². The summed E-state index contributed by atoms with van der Waals surface area (Å²) < 4.78 is 5.95. The minimum atomic E-state index is -0.793. The maximum atomic E-state index is 13.3. The van der Waals surface area contributed by atoms with E-state index in [0.717, 1.165) is 77.0 Å². The highest BCUT2D eigenvalue weighted by atomic mass is 16.5. The van der Waals surface area contributed by atoms with Gasteiger partial charge in [0.2, 0.25) is 5.91 Å². The third kappa shape index (κ3) is 48.0. The number of unbranched alkanes of at least 4 members (excludes halogenated alkanes) is 33. The highest BCUT2D eigenvalue weighted by Gasteiger charge is 2.24. The van der Waals surface area contributed by atoms with E-state index in [1.54, 1.807) is 0 Å². The number of esters is 1. The molecular formula is C60H109NO5. The van der Waals surface area contributed by atoms with Crippen molar-refractivity contribution in [2.75, 3.05) is 6.61 Å². The first kappa shape index (κ1) is 63.6. The highest BCUT2D eigenvalue weighted by molar-refractivity contribution is 5.77. The summed E-state index contributed by atoms with van der Waals surface area (Å²) in [6.45, 7) is 6.42. The fourth-order valence-electron chi connectivity index (χ4n) is 8.64. The van der Waals surface area contributed by atoms with E-state index < -0.39 is 18.2 Å². The molecule has 1 amide bonds. The van der Waals surface area contributed by atoms with E-state index in [9.17, 15) is 19.8 Å². The first-order chi connectivity index (χ1) is 32.5. The van der Waals surface area contributed by atoms with Crippen molar-refractivity contribution < 1.29 is 24.5 Å². The molecule has 0 aromatic heterocycles. The van der Waals surface area contributed by atoms with Gasteiger partial charge in [0.1, 0.15) is 6.10 Å². The van der Waals surface area contributed by atoms with Gasteiger partial charge >= 0.3 is 5.97 Å². The molecule has 0 aliphatic carbocycles. The molecule has 0 rings (SSSR count). The maximum Gasteiger partial charge on any atom is 0.306 e. The van der Waals surface area contributed by atoms with Crippen molar-refractivity contribution in [1.82, 2.24) is 5.32 Å². The monoisotopic (exact) mass is 924 g/mol. The standard InChI is InChI=1S/C60H109NO5/c1-4-7-10-13-16-19-22-25-27-29-30-32-35-38-41-44-47-50-53-60(65)66-56(51-48-45-42-39-36-33-24-21-18-15-12-9-6-3)54-59(64)61-57(55-62)58(63)52-49-46-43-40-37-34-31-28-26-23-20-17-14-11-8-5-2/h10,13,16,19,22,25,27,29-30,32,56-58,62-63H,4-9,11-12,14-15,17-18,20-21,23-24,26,28,31,33-55H2,1-3H3,(H,61,64)/b13-10+,19-16+,25-22+,29-27+,32-30+. The summed E-state index contributed by atoms with van der Waals surface area (Å²) in [5, 5.41) is 23.9.